The molecule has 0 aliphatic carbocycles. The Morgan fingerprint density at radius 2 is 1.83 bits per heavy atom. The van der Waals surface area contributed by atoms with Crippen LogP contribution in [0.2, 0.25) is 0 Å². The molecule has 4 heteroatoms. The van der Waals surface area contributed by atoms with Gasteiger partial charge in [-0.25, -0.2) is 4.79 Å². The monoisotopic (exact) mass is 253 g/mol. The minimum Gasteiger partial charge on any atom is -0.315 e. The molecule has 0 bridgehead atoms. The minimum absolute atomic E-state index is 0.112. The molecule has 0 atom stereocenters. The second-order valence-electron chi connectivity index (χ2n) is 5.25. The van der Waals surface area contributed by atoms with E-state index in [0.29, 0.717) is 0 Å². The second kappa shape index (κ2) is 8.14. The molecule has 1 aromatic heterocycles. The van der Waals surface area contributed by atoms with Gasteiger partial charge in [0, 0.05) is 32.0 Å². The Labute approximate surface area is 110 Å². The zero-order valence-corrected chi connectivity index (χ0v) is 12.0. The highest BCUT2D eigenvalue weighted by atomic mass is 16.1. The van der Waals surface area contributed by atoms with Crippen molar-refractivity contribution in [3.63, 3.8) is 0 Å². The first-order chi connectivity index (χ1) is 8.65. The predicted octanol–water partition coefficient (Wildman–Crippen LogP) is 2.09. The van der Waals surface area contributed by atoms with Gasteiger partial charge in [0.05, 0.1) is 0 Å². The molecule has 1 rings (SSSR count). The average molecular weight is 253 g/mol. The molecule has 1 heterocycles. The molecule has 4 nitrogen and oxygen atoms in total. The van der Waals surface area contributed by atoms with Gasteiger partial charge < -0.3 is 5.32 Å². The van der Waals surface area contributed by atoms with Gasteiger partial charge in [-0.15, -0.1) is 0 Å². The van der Waals surface area contributed by atoms with Gasteiger partial charge in [0.25, 0.3) is 0 Å². The first-order valence-corrected chi connectivity index (χ1v) is 7.11. The molecule has 0 aliphatic heterocycles. The lowest BCUT2D eigenvalue weighted by Crippen LogP contribution is -2.29. The molecule has 0 aliphatic rings. The summed E-state index contributed by atoms with van der Waals surface area (Å²) in [6, 6.07) is 0. The lowest BCUT2D eigenvalue weighted by Gasteiger charge is -2.06. The van der Waals surface area contributed by atoms with Crippen LogP contribution in [0.25, 0.3) is 0 Å². The first-order valence-electron chi connectivity index (χ1n) is 7.11. The van der Waals surface area contributed by atoms with Crippen molar-refractivity contribution < 1.29 is 0 Å². The predicted molar refractivity (Wildman–Crippen MR) is 75.9 cm³/mol. The van der Waals surface area contributed by atoms with E-state index in [2.05, 4.69) is 26.1 Å². The maximum Gasteiger partial charge on any atom is 0.328 e. The highest BCUT2D eigenvalue weighted by molar-refractivity contribution is 4.81. The zero-order valence-electron chi connectivity index (χ0n) is 12.0. The van der Waals surface area contributed by atoms with Crippen LogP contribution < -0.4 is 11.0 Å². The molecule has 104 valence electrons. The van der Waals surface area contributed by atoms with Gasteiger partial charge in [-0.05, 0) is 31.7 Å². The van der Waals surface area contributed by atoms with Gasteiger partial charge in [-0.2, -0.15) is 0 Å². The fraction of sp³-hybridized carbons (Fsp3) is 0.786. The summed E-state index contributed by atoms with van der Waals surface area (Å²) in [5.41, 5.74) is 0.112. The van der Waals surface area contributed by atoms with Crippen LogP contribution >= 0.6 is 0 Å². The van der Waals surface area contributed by atoms with E-state index < -0.39 is 0 Å². The summed E-state index contributed by atoms with van der Waals surface area (Å²) in [7, 11) is 0. The van der Waals surface area contributed by atoms with E-state index in [-0.39, 0.29) is 5.69 Å². The second-order valence-corrected chi connectivity index (χ2v) is 5.25. The van der Waals surface area contributed by atoms with E-state index in [4.69, 9.17) is 0 Å². The van der Waals surface area contributed by atoms with Crippen LogP contribution in [0.3, 0.4) is 0 Å². The molecular formula is C14H27N3O. The van der Waals surface area contributed by atoms with E-state index in [1.54, 1.807) is 9.13 Å². The Morgan fingerprint density at radius 1 is 1.17 bits per heavy atom. The Kier molecular flexibility index (Phi) is 6.80. The summed E-state index contributed by atoms with van der Waals surface area (Å²) >= 11 is 0. The van der Waals surface area contributed by atoms with Crippen LogP contribution in [0.15, 0.2) is 17.2 Å². The molecule has 0 amide bonds. The SMILES string of the molecule is CCCn1ccn(CCNCCCC(C)C)c1=O. The van der Waals surface area contributed by atoms with Crippen LogP contribution in [-0.2, 0) is 13.1 Å². The first kappa shape index (κ1) is 15.0. The number of rotatable bonds is 9. The van der Waals surface area contributed by atoms with Gasteiger partial charge in [0.15, 0.2) is 0 Å². The van der Waals surface area contributed by atoms with E-state index in [1.807, 2.05) is 12.4 Å². The number of aryl methyl sites for hydroxylation is 1. The molecule has 0 aromatic carbocycles. The van der Waals surface area contributed by atoms with Gasteiger partial charge >= 0.3 is 5.69 Å². The molecule has 1 aromatic rings. The van der Waals surface area contributed by atoms with Crippen molar-refractivity contribution in [3.8, 4) is 0 Å². The lowest BCUT2D eigenvalue weighted by molar-refractivity contribution is 0.509. The van der Waals surface area contributed by atoms with Crippen molar-refractivity contribution in [1.82, 2.24) is 14.5 Å². The Hall–Kier alpha value is -1.03. The van der Waals surface area contributed by atoms with E-state index in [1.165, 1.54) is 12.8 Å². The Morgan fingerprint density at radius 3 is 2.44 bits per heavy atom. The number of nitrogens with one attached hydrogen (secondary N) is 1. The molecule has 0 unspecified atom stereocenters. The van der Waals surface area contributed by atoms with E-state index >= 15 is 0 Å². The molecule has 0 fully saturated rings. The van der Waals surface area contributed by atoms with Crippen molar-refractivity contribution in [2.24, 2.45) is 5.92 Å². The number of nitrogens with zero attached hydrogens (tertiary/aromatic N) is 2. The standard InChI is InChI=1S/C14H27N3O/c1-4-9-16-11-12-17(14(16)18)10-8-15-7-5-6-13(2)3/h11-13,15H,4-10H2,1-3H3. The zero-order chi connectivity index (χ0) is 13.4. The summed E-state index contributed by atoms with van der Waals surface area (Å²) in [5, 5.41) is 3.39. The third-order valence-corrected chi connectivity index (χ3v) is 3.05. The molecule has 18 heavy (non-hydrogen) atoms. The third-order valence-electron chi connectivity index (χ3n) is 3.05. The maximum atomic E-state index is 11.9. The van der Waals surface area contributed by atoms with Crippen LogP contribution in [-0.4, -0.2) is 22.2 Å². The average Bonchev–Trinajstić information content (AvgIpc) is 2.66. The van der Waals surface area contributed by atoms with E-state index in [9.17, 15) is 4.79 Å². The summed E-state index contributed by atoms with van der Waals surface area (Å²) in [6.45, 7) is 10.1. The number of hydrogen-bond donors (Lipinski definition) is 1. The van der Waals surface area contributed by atoms with Crippen LogP contribution in [0.1, 0.15) is 40.0 Å². The van der Waals surface area contributed by atoms with E-state index in [0.717, 1.165) is 38.5 Å². The molecule has 1 N–H and O–H groups in total. The van der Waals surface area contributed by atoms with Crippen molar-refractivity contribution >= 4 is 0 Å². The normalized spacial score (nSPS) is 11.3. The smallest absolute Gasteiger partial charge is 0.315 e. The van der Waals surface area contributed by atoms with Crippen LogP contribution in [0.4, 0.5) is 0 Å². The van der Waals surface area contributed by atoms with Crippen LogP contribution in [0.5, 0.6) is 0 Å². The Bertz CT molecular complexity index is 379. The summed E-state index contributed by atoms with van der Waals surface area (Å²) in [5.74, 6) is 0.775. The lowest BCUT2D eigenvalue weighted by atomic mass is 10.1. The Balaban J connectivity index is 2.21. The van der Waals surface area contributed by atoms with Crippen LogP contribution in [0, 0.1) is 5.92 Å². The number of hydrogen-bond acceptors (Lipinski definition) is 2. The highest BCUT2D eigenvalue weighted by Crippen LogP contribution is 2.01. The number of imidazole rings is 1. The van der Waals surface area contributed by atoms with Crippen molar-refractivity contribution in [1.29, 1.82) is 0 Å². The largest absolute Gasteiger partial charge is 0.328 e. The third kappa shape index (κ3) is 5.08. The quantitative estimate of drug-likeness (QED) is 0.684. The van der Waals surface area contributed by atoms with Gasteiger partial charge in [-0.3, -0.25) is 9.13 Å². The minimum atomic E-state index is 0.112. The summed E-state index contributed by atoms with van der Waals surface area (Å²) in [4.78, 5) is 11.9. The fourth-order valence-electron chi connectivity index (χ4n) is 1.99. The van der Waals surface area contributed by atoms with Gasteiger partial charge in [-0.1, -0.05) is 20.8 Å². The van der Waals surface area contributed by atoms with Gasteiger partial charge in [0.2, 0.25) is 0 Å². The van der Waals surface area contributed by atoms with Gasteiger partial charge in [0.1, 0.15) is 0 Å². The maximum absolute atomic E-state index is 11.9. The molecule has 0 spiro atoms. The van der Waals surface area contributed by atoms with Crippen molar-refractivity contribution in [3.05, 3.63) is 22.9 Å². The summed E-state index contributed by atoms with van der Waals surface area (Å²) < 4.78 is 3.56. The highest BCUT2D eigenvalue weighted by Gasteiger charge is 2.01. The molecule has 0 radical (unpaired) electrons. The fourth-order valence-corrected chi connectivity index (χ4v) is 1.99. The summed E-state index contributed by atoms with van der Waals surface area (Å²) in [6.07, 6.45) is 7.24. The number of aromatic nitrogens is 2. The van der Waals surface area contributed by atoms with Crippen molar-refractivity contribution in [2.75, 3.05) is 13.1 Å². The molecular weight excluding hydrogens is 226 g/mol. The topological polar surface area (TPSA) is 39.0 Å². The van der Waals surface area contributed by atoms with Crippen molar-refractivity contribution in [2.45, 2.75) is 53.1 Å². The molecule has 0 saturated heterocycles. The molecule has 0 saturated carbocycles.